The molecule has 0 aliphatic rings. The van der Waals surface area contributed by atoms with E-state index in [1.807, 2.05) is 0 Å². The zero-order valence-electron chi connectivity index (χ0n) is 57.7. The standard InChI is InChI=1S/C73H128O17P2/c1-5-9-13-17-21-25-29-31-33-35-39-42-46-50-54-58-71(76)84-64-69(90-73(78)60-56-52-48-44-40-36-34-32-30-26-22-18-14-10-6-2)66-88-92(81,82)86-62-67(74)61-85-91(79,80)87-65-68(89-72(77)59-55-51-47-43-38-28-24-20-16-12-8-4)63-83-70(75)57-53-49-45-41-37-27-23-19-15-11-7-3/h9-10,13-14,19,21-23,25-26,31-34,67-69,74H,5-8,11-12,15-18,20,24,27-30,35-66H2,1-4H3,(H,79,80)(H,81,82)/b13-9-,14-10-,23-19-,25-21-,26-22-,33-31-,34-32-. The van der Waals surface area contributed by atoms with Crippen molar-refractivity contribution in [2.45, 2.75) is 316 Å². The number of aliphatic hydroxyl groups excluding tert-OH is 1. The molecule has 0 heterocycles. The Bertz CT molecular complexity index is 2090. The topological polar surface area (TPSA) is 237 Å². The van der Waals surface area contributed by atoms with E-state index >= 15 is 0 Å². The lowest BCUT2D eigenvalue weighted by atomic mass is 10.1. The molecule has 0 saturated heterocycles. The Morgan fingerprint density at radius 3 is 0.913 bits per heavy atom. The van der Waals surface area contributed by atoms with E-state index in [-0.39, 0.29) is 25.7 Å². The molecule has 17 nitrogen and oxygen atoms in total. The number of carbonyl (C=O) groups is 4. The van der Waals surface area contributed by atoms with Crippen LogP contribution in [0.4, 0.5) is 0 Å². The highest BCUT2D eigenvalue weighted by Gasteiger charge is 2.30. The maximum atomic E-state index is 13.0. The Balaban J connectivity index is 5.34. The maximum absolute atomic E-state index is 13.0. The van der Waals surface area contributed by atoms with Crippen LogP contribution in [0.15, 0.2) is 85.1 Å². The van der Waals surface area contributed by atoms with E-state index < -0.39 is 97.5 Å². The molecule has 3 N–H and O–H groups in total. The number of ether oxygens (including phenoxy) is 4. The van der Waals surface area contributed by atoms with Gasteiger partial charge in [-0.2, -0.15) is 0 Å². The van der Waals surface area contributed by atoms with Crippen molar-refractivity contribution in [3.05, 3.63) is 85.1 Å². The SMILES string of the molecule is CC/C=C\C/C=C\C/C=C\CCCCCCCC(=O)OCC(COP(=O)(O)OCC(O)COP(=O)(O)OCC(COC(=O)CCCCCCC/C=C\CCCC)OC(=O)CCCCCCCCCCCCC)OC(=O)CCCCCCC/C=C\C/C=C\C/C=C\CC. The Kier molecular flexibility index (Phi) is 63.2. The van der Waals surface area contributed by atoms with Gasteiger partial charge in [-0.15, -0.1) is 0 Å². The van der Waals surface area contributed by atoms with Crippen LogP contribution in [0.1, 0.15) is 297 Å². The van der Waals surface area contributed by atoms with Crippen LogP contribution >= 0.6 is 15.6 Å². The van der Waals surface area contributed by atoms with Gasteiger partial charge in [0.15, 0.2) is 12.2 Å². The summed E-state index contributed by atoms with van der Waals surface area (Å²) in [6, 6.07) is 0. The van der Waals surface area contributed by atoms with Crippen LogP contribution in [-0.4, -0.2) is 96.7 Å². The predicted octanol–water partition coefficient (Wildman–Crippen LogP) is 19.9. The molecule has 19 heteroatoms. The van der Waals surface area contributed by atoms with Gasteiger partial charge >= 0.3 is 39.5 Å². The first-order chi connectivity index (χ1) is 44.7. The third-order valence-corrected chi connectivity index (χ3v) is 16.8. The second-order valence-electron chi connectivity index (χ2n) is 23.8. The normalized spacial score (nSPS) is 14.6. The van der Waals surface area contributed by atoms with Gasteiger partial charge < -0.3 is 33.8 Å². The van der Waals surface area contributed by atoms with Crippen molar-refractivity contribution in [3.63, 3.8) is 0 Å². The summed E-state index contributed by atoms with van der Waals surface area (Å²) in [5.74, 6) is -2.21. The van der Waals surface area contributed by atoms with Crippen molar-refractivity contribution in [2.24, 2.45) is 0 Å². The molecule has 0 saturated carbocycles. The Morgan fingerprint density at radius 2 is 0.576 bits per heavy atom. The number of unbranched alkanes of at least 4 members (excludes halogenated alkanes) is 27. The number of phosphoric acid groups is 2. The van der Waals surface area contributed by atoms with E-state index in [1.165, 1.54) is 51.4 Å². The highest BCUT2D eigenvalue weighted by molar-refractivity contribution is 7.47. The average molecular weight is 1340 g/mol. The van der Waals surface area contributed by atoms with Gasteiger partial charge in [-0.1, -0.05) is 248 Å². The lowest BCUT2D eigenvalue weighted by Crippen LogP contribution is -2.30. The number of allylic oxidation sites excluding steroid dienone is 14. The van der Waals surface area contributed by atoms with Gasteiger partial charge in [0.05, 0.1) is 26.4 Å². The molecule has 0 aliphatic carbocycles. The van der Waals surface area contributed by atoms with Gasteiger partial charge in [0.2, 0.25) is 0 Å². The molecule has 92 heavy (non-hydrogen) atoms. The molecule has 0 aromatic rings. The zero-order chi connectivity index (χ0) is 67.5. The van der Waals surface area contributed by atoms with E-state index in [0.29, 0.717) is 25.7 Å². The second-order valence-corrected chi connectivity index (χ2v) is 26.7. The molecular formula is C73H128O17P2. The van der Waals surface area contributed by atoms with Crippen LogP contribution in [0.2, 0.25) is 0 Å². The Hall–Kier alpha value is -3.76. The van der Waals surface area contributed by atoms with E-state index in [9.17, 15) is 43.2 Å². The van der Waals surface area contributed by atoms with E-state index in [4.69, 9.17) is 37.0 Å². The zero-order valence-corrected chi connectivity index (χ0v) is 59.5. The largest absolute Gasteiger partial charge is 0.472 e. The van der Waals surface area contributed by atoms with Crippen LogP contribution in [0.25, 0.3) is 0 Å². The van der Waals surface area contributed by atoms with Gasteiger partial charge in [0.25, 0.3) is 0 Å². The summed E-state index contributed by atoms with van der Waals surface area (Å²) in [5.41, 5.74) is 0. The van der Waals surface area contributed by atoms with Gasteiger partial charge in [-0.05, 0) is 109 Å². The summed E-state index contributed by atoms with van der Waals surface area (Å²) in [7, 11) is -9.94. The summed E-state index contributed by atoms with van der Waals surface area (Å²) >= 11 is 0. The van der Waals surface area contributed by atoms with E-state index in [0.717, 1.165) is 167 Å². The Morgan fingerprint density at radius 1 is 0.315 bits per heavy atom. The fourth-order valence-corrected chi connectivity index (χ4v) is 11.0. The molecule has 5 atom stereocenters. The minimum Gasteiger partial charge on any atom is -0.462 e. The molecular weight excluding hydrogens is 1210 g/mol. The van der Waals surface area contributed by atoms with Crippen molar-refractivity contribution < 1.29 is 80.2 Å². The van der Waals surface area contributed by atoms with Gasteiger partial charge in [0, 0.05) is 25.7 Å². The number of rotatable bonds is 67. The molecule has 0 aromatic carbocycles. The summed E-state index contributed by atoms with van der Waals surface area (Å²) < 4.78 is 68.2. The molecule has 5 unspecified atom stereocenters. The highest BCUT2D eigenvalue weighted by atomic mass is 31.2. The number of hydrogen-bond donors (Lipinski definition) is 3. The van der Waals surface area contributed by atoms with Gasteiger partial charge in [-0.25, -0.2) is 9.13 Å². The minimum absolute atomic E-state index is 0.0721. The quantitative estimate of drug-likeness (QED) is 0.0169. The lowest BCUT2D eigenvalue weighted by molar-refractivity contribution is -0.161. The Labute approximate surface area is 557 Å². The second kappa shape index (κ2) is 65.9. The number of phosphoric ester groups is 2. The molecule has 0 amide bonds. The fraction of sp³-hybridized carbons (Fsp3) is 0.753. The number of carbonyl (C=O) groups excluding carboxylic acids is 4. The number of hydrogen-bond acceptors (Lipinski definition) is 15. The van der Waals surface area contributed by atoms with Crippen LogP contribution in [0, 0.1) is 0 Å². The fourth-order valence-electron chi connectivity index (χ4n) is 9.41. The van der Waals surface area contributed by atoms with Crippen molar-refractivity contribution in [2.75, 3.05) is 39.6 Å². The predicted molar refractivity (Wildman–Crippen MR) is 372 cm³/mol. The van der Waals surface area contributed by atoms with Crippen LogP contribution in [0.5, 0.6) is 0 Å². The highest BCUT2D eigenvalue weighted by Crippen LogP contribution is 2.45. The van der Waals surface area contributed by atoms with Crippen molar-refractivity contribution in [3.8, 4) is 0 Å². The van der Waals surface area contributed by atoms with E-state index in [2.05, 4.69) is 113 Å². The average Bonchev–Trinajstić information content (AvgIpc) is 2.93. The maximum Gasteiger partial charge on any atom is 0.472 e. The monoisotopic (exact) mass is 1340 g/mol. The van der Waals surface area contributed by atoms with Gasteiger partial charge in [-0.3, -0.25) is 37.3 Å². The summed E-state index contributed by atoms with van der Waals surface area (Å²) in [6.07, 6.45) is 64.5. The first-order valence-electron chi connectivity index (χ1n) is 35.8. The molecule has 0 spiro atoms. The van der Waals surface area contributed by atoms with Gasteiger partial charge in [0.1, 0.15) is 19.3 Å². The van der Waals surface area contributed by atoms with Crippen molar-refractivity contribution in [1.29, 1.82) is 0 Å². The summed E-state index contributed by atoms with van der Waals surface area (Å²) in [6.45, 7) is 4.56. The summed E-state index contributed by atoms with van der Waals surface area (Å²) in [4.78, 5) is 72.6. The minimum atomic E-state index is -4.97. The molecule has 0 rings (SSSR count). The summed E-state index contributed by atoms with van der Waals surface area (Å²) in [5, 5.41) is 10.6. The first-order valence-corrected chi connectivity index (χ1v) is 38.8. The van der Waals surface area contributed by atoms with Crippen molar-refractivity contribution >= 4 is 39.5 Å². The third-order valence-electron chi connectivity index (χ3n) is 14.9. The molecule has 0 fully saturated rings. The lowest BCUT2D eigenvalue weighted by Gasteiger charge is -2.21. The molecule has 0 aliphatic heterocycles. The molecule has 0 radical (unpaired) electrons. The molecule has 0 aromatic heterocycles. The van der Waals surface area contributed by atoms with Crippen molar-refractivity contribution in [1.82, 2.24) is 0 Å². The molecule has 532 valence electrons. The number of aliphatic hydroxyl groups is 1. The third kappa shape index (κ3) is 64.9. The van der Waals surface area contributed by atoms with Crippen LogP contribution in [0.3, 0.4) is 0 Å². The first kappa shape index (κ1) is 88.2. The smallest absolute Gasteiger partial charge is 0.462 e. The van der Waals surface area contributed by atoms with Crippen LogP contribution in [-0.2, 0) is 65.4 Å². The van der Waals surface area contributed by atoms with E-state index in [1.54, 1.807) is 0 Å². The molecule has 0 bridgehead atoms. The number of esters is 4. The van der Waals surface area contributed by atoms with Crippen LogP contribution < -0.4 is 0 Å².